The first kappa shape index (κ1) is 22.3. The number of benzene rings is 3. The Bertz CT molecular complexity index is 1330. The van der Waals surface area contributed by atoms with Crippen LogP contribution in [0.3, 0.4) is 0 Å². The summed E-state index contributed by atoms with van der Waals surface area (Å²) in [4.78, 5) is 30.0. The number of amides is 2. The Morgan fingerprint density at radius 2 is 1.73 bits per heavy atom. The van der Waals surface area contributed by atoms with E-state index in [9.17, 15) is 9.59 Å². The molecule has 3 aromatic rings. The Kier molecular flexibility index (Phi) is 6.58. The molecule has 3 aromatic carbocycles. The number of methoxy groups -OCH3 is 2. The van der Waals surface area contributed by atoms with Gasteiger partial charge in [0, 0.05) is 11.8 Å². The molecule has 0 aromatic heterocycles. The molecule has 7 heteroatoms. The van der Waals surface area contributed by atoms with Crippen molar-refractivity contribution in [3.05, 3.63) is 64.7 Å². The van der Waals surface area contributed by atoms with Gasteiger partial charge in [-0.3, -0.25) is 9.59 Å². The van der Waals surface area contributed by atoms with Crippen LogP contribution < -0.4 is 30.1 Å². The van der Waals surface area contributed by atoms with Gasteiger partial charge in [0.15, 0.2) is 0 Å². The molecule has 33 heavy (non-hydrogen) atoms. The van der Waals surface area contributed by atoms with Gasteiger partial charge in [0.05, 0.1) is 32.3 Å². The van der Waals surface area contributed by atoms with Crippen molar-refractivity contribution < 1.29 is 23.8 Å². The number of hydrogen-bond acceptors (Lipinski definition) is 5. The monoisotopic (exact) mass is 446 g/mol. The Morgan fingerprint density at radius 1 is 1.00 bits per heavy atom. The second-order valence-corrected chi connectivity index (χ2v) is 7.59. The van der Waals surface area contributed by atoms with E-state index < -0.39 is 5.92 Å². The lowest BCUT2D eigenvalue weighted by atomic mass is 9.99. The maximum Gasteiger partial charge on any atom is 0.255 e. The van der Waals surface area contributed by atoms with E-state index in [1.807, 2.05) is 49.4 Å². The molecule has 170 valence electrons. The van der Waals surface area contributed by atoms with E-state index in [0.717, 1.165) is 16.0 Å². The van der Waals surface area contributed by atoms with Crippen molar-refractivity contribution in [1.29, 1.82) is 0 Å². The zero-order chi connectivity index (χ0) is 23.4. The third-order valence-corrected chi connectivity index (χ3v) is 5.65. The first-order valence-corrected chi connectivity index (χ1v) is 10.9. The number of rotatable bonds is 8. The minimum Gasteiger partial charge on any atom is -0.496 e. The van der Waals surface area contributed by atoms with Crippen molar-refractivity contribution in [1.82, 2.24) is 5.32 Å². The van der Waals surface area contributed by atoms with E-state index in [-0.39, 0.29) is 11.8 Å². The summed E-state index contributed by atoms with van der Waals surface area (Å²) >= 11 is 0. The number of nitrogens with zero attached hydrogens (tertiary/aromatic N) is 1. The Balaban J connectivity index is 1.55. The molecule has 0 bridgehead atoms. The zero-order valence-electron chi connectivity index (χ0n) is 18.9. The molecule has 4 rings (SSSR count). The van der Waals surface area contributed by atoms with E-state index in [4.69, 9.17) is 14.2 Å². The van der Waals surface area contributed by atoms with Crippen molar-refractivity contribution in [2.75, 3.05) is 27.4 Å². The first-order valence-electron chi connectivity index (χ1n) is 10.9. The van der Waals surface area contributed by atoms with Crippen LogP contribution in [0.2, 0.25) is 0 Å². The van der Waals surface area contributed by atoms with Gasteiger partial charge < -0.3 is 19.5 Å². The van der Waals surface area contributed by atoms with Gasteiger partial charge in [0.25, 0.3) is 11.8 Å². The second-order valence-electron chi connectivity index (χ2n) is 7.59. The highest BCUT2D eigenvalue weighted by atomic mass is 16.5. The van der Waals surface area contributed by atoms with Crippen LogP contribution >= 0.6 is 0 Å². The molecule has 0 saturated heterocycles. The molecule has 1 N–H and O–H groups in total. The van der Waals surface area contributed by atoms with Gasteiger partial charge in [-0.2, -0.15) is 0 Å². The van der Waals surface area contributed by atoms with Crippen LogP contribution in [0.1, 0.15) is 23.7 Å². The molecule has 0 spiro atoms. The third kappa shape index (κ3) is 4.39. The number of hydrogen-bond donors (Lipinski definition) is 1. The Hall–Kier alpha value is -3.87. The van der Waals surface area contributed by atoms with E-state index >= 15 is 0 Å². The summed E-state index contributed by atoms with van der Waals surface area (Å²) in [5.41, 5.74) is 0.496. The summed E-state index contributed by atoms with van der Waals surface area (Å²) < 4.78 is 16.5. The fourth-order valence-corrected chi connectivity index (χ4v) is 4.05. The fraction of sp³-hybridized carbons (Fsp3) is 0.269. The van der Waals surface area contributed by atoms with Crippen molar-refractivity contribution >= 4 is 28.7 Å². The van der Waals surface area contributed by atoms with Gasteiger partial charge in [-0.15, -0.1) is 0 Å². The van der Waals surface area contributed by atoms with Gasteiger partial charge in [-0.25, -0.2) is 4.99 Å². The summed E-state index contributed by atoms with van der Waals surface area (Å²) in [7, 11) is 3.11. The minimum atomic E-state index is -0.474. The van der Waals surface area contributed by atoms with Gasteiger partial charge in [0.2, 0.25) is 0 Å². The molecule has 0 aliphatic carbocycles. The quantitative estimate of drug-likeness (QED) is 0.575. The maximum absolute atomic E-state index is 13.1. The predicted molar refractivity (Wildman–Crippen MR) is 125 cm³/mol. The van der Waals surface area contributed by atoms with Crippen LogP contribution in [0.4, 0.5) is 0 Å². The van der Waals surface area contributed by atoms with Crippen LogP contribution in [0.15, 0.2) is 53.5 Å². The average molecular weight is 447 g/mol. The largest absolute Gasteiger partial charge is 0.496 e. The molecule has 7 nitrogen and oxygen atoms in total. The van der Waals surface area contributed by atoms with Gasteiger partial charge >= 0.3 is 0 Å². The molecule has 1 heterocycles. The van der Waals surface area contributed by atoms with Crippen LogP contribution in [0.5, 0.6) is 17.2 Å². The number of carbonyl (C=O) groups excluding carboxylic acids is 2. The number of nitrogens with one attached hydrogen (secondary N) is 1. The molecular formula is C26H26N2O5. The van der Waals surface area contributed by atoms with Crippen LogP contribution in [-0.2, 0) is 4.79 Å². The molecule has 2 amide bonds. The molecular weight excluding hydrogens is 420 g/mol. The lowest BCUT2D eigenvalue weighted by molar-refractivity contribution is -0.120. The topological polar surface area (TPSA) is 86.2 Å². The van der Waals surface area contributed by atoms with E-state index in [0.29, 0.717) is 47.7 Å². The summed E-state index contributed by atoms with van der Waals surface area (Å²) in [5.74, 6) is 0.681. The Morgan fingerprint density at radius 3 is 2.48 bits per heavy atom. The average Bonchev–Trinajstić information content (AvgIpc) is 2.83. The molecule has 1 aliphatic rings. The van der Waals surface area contributed by atoms with Gasteiger partial charge in [-0.05, 0) is 42.3 Å². The van der Waals surface area contributed by atoms with E-state index in [1.165, 1.54) is 7.11 Å². The van der Waals surface area contributed by atoms with Gasteiger partial charge in [-0.1, -0.05) is 36.4 Å². The first-order chi connectivity index (χ1) is 16.1. The molecule has 0 saturated carbocycles. The van der Waals surface area contributed by atoms with E-state index in [2.05, 4.69) is 10.3 Å². The second kappa shape index (κ2) is 9.73. The highest BCUT2D eigenvalue weighted by Gasteiger charge is 2.22. The standard InChI is InChI=1S/C26H26N2O5/c1-4-33-21-10-9-16-7-5-6-8-18(16)23(21)26(30)27-14-13-17-15-19-20(31-2)11-12-22(32-3)24(19)28-25(17)29/h5-12,15,17H,4,13-14H2,1-3H3,(H,27,30). The lowest BCUT2D eigenvalue weighted by Gasteiger charge is -2.16. The highest BCUT2D eigenvalue weighted by Crippen LogP contribution is 2.28. The molecule has 1 unspecified atom stereocenters. The number of carbonyl (C=O) groups is 2. The van der Waals surface area contributed by atoms with Gasteiger partial charge in [0.1, 0.15) is 22.6 Å². The molecule has 0 fully saturated rings. The van der Waals surface area contributed by atoms with Crippen molar-refractivity contribution in [2.24, 2.45) is 10.9 Å². The number of fused-ring (bicyclic) bond motifs is 2. The summed E-state index contributed by atoms with van der Waals surface area (Å²) in [6, 6.07) is 14.9. The Labute approximate surface area is 191 Å². The SMILES string of the molecule is CCOc1ccc2ccccc2c1C(=O)NCCC1C=c2c(OC)ccc(OC)c2=NC1=O. The molecule has 1 aliphatic heterocycles. The fourth-order valence-electron chi connectivity index (χ4n) is 4.05. The van der Waals surface area contributed by atoms with Crippen molar-refractivity contribution in [3.63, 3.8) is 0 Å². The predicted octanol–water partition coefficient (Wildman–Crippen LogP) is 2.63. The van der Waals surface area contributed by atoms with Crippen molar-refractivity contribution in [3.8, 4) is 17.2 Å². The third-order valence-electron chi connectivity index (χ3n) is 5.65. The molecule has 0 radical (unpaired) electrons. The smallest absolute Gasteiger partial charge is 0.255 e. The van der Waals surface area contributed by atoms with Crippen LogP contribution in [0, 0.1) is 5.92 Å². The summed E-state index contributed by atoms with van der Waals surface area (Å²) in [6.45, 7) is 2.64. The lowest BCUT2D eigenvalue weighted by Crippen LogP contribution is -2.37. The van der Waals surface area contributed by atoms with Crippen LogP contribution in [0.25, 0.3) is 16.8 Å². The van der Waals surface area contributed by atoms with Crippen molar-refractivity contribution in [2.45, 2.75) is 13.3 Å². The van der Waals surface area contributed by atoms with Crippen LogP contribution in [-0.4, -0.2) is 39.2 Å². The zero-order valence-corrected chi connectivity index (χ0v) is 18.9. The molecule has 1 atom stereocenters. The van der Waals surface area contributed by atoms with E-state index in [1.54, 1.807) is 19.2 Å². The summed E-state index contributed by atoms with van der Waals surface area (Å²) in [6.07, 6.45) is 2.24. The number of ether oxygens (including phenoxy) is 3. The highest BCUT2D eigenvalue weighted by molar-refractivity contribution is 6.09. The normalized spacial score (nSPS) is 14.6. The summed E-state index contributed by atoms with van der Waals surface area (Å²) in [5, 5.41) is 5.92. The minimum absolute atomic E-state index is 0.241. The maximum atomic E-state index is 13.1.